The summed E-state index contributed by atoms with van der Waals surface area (Å²) in [6.45, 7) is 8.89. The van der Waals surface area contributed by atoms with Crippen molar-refractivity contribution in [3.8, 4) is 0 Å². The molecule has 0 aromatic carbocycles. The summed E-state index contributed by atoms with van der Waals surface area (Å²) < 4.78 is 0. The van der Waals surface area contributed by atoms with Crippen LogP contribution in [0.5, 0.6) is 0 Å². The minimum absolute atomic E-state index is 0.241. The zero-order valence-corrected chi connectivity index (χ0v) is 8.99. The topological polar surface area (TPSA) is 35.6 Å². The lowest BCUT2D eigenvalue weighted by molar-refractivity contribution is 0.177. The van der Waals surface area contributed by atoms with E-state index in [1.54, 1.807) is 0 Å². The molecule has 0 aliphatic carbocycles. The molecule has 0 spiro atoms. The molecule has 2 fully saturated rings. The SMILES string of the molecule is CC(C)CN1C[C@@H]2CNCCN2C1=O. The maximum atomic E-state index is 11.9. The number of nitrogens with one attached hydrogen (secondary N) is 1. The summed E-state index contributed by atoms with van der Waals surface area (Å²) in [7, 11) is 0. The van der Waals surface area contributed by atoms with E-state index in [4.69, 9.17) is 0 Å². The molecule has 4 nitrogen and oxygen atoms in total. The first-order chi connectivity index (χ1) is 6.68. The molecule has 2 aliphatic rings. The normalized spacial score (nSPS) is 27.4. The van der Waals surface area contributed by atoms with Gasteiger partial charge in [0.15, 0.2) is 0 Å². The summed E-state index contributed by atoms with van der Waals surface area (Å²) in [6.07, 6.45) is 0. The van der Waals surface area contributed by atoms with Crippen LogP contribution in [0.25, 0.3) is 0 Å². The highest BCUT2D eigenvalue weighted by molar-refractivity contribution is 5.77. The Morgan fingerprint density at radius 2 is 2.36 bits per heavy atom. The van der Waals surface area contributed by atoms with Gasteiger partial charge in [-0.3, -0.25) is 0 Å². The maximum absolute atomic E-state index is 11.9. The lowest BCUT2D eigenvalue weighted by atomic mass is 10.2. The van der Waals surface area contributed by atoms with Crippen molar-refractivity contribution >= 4 is 6.03 Å². The second-order valence-corrected chi connectivity index (χ2v) is 4.63. The fourth-order valence-electron chi connectivity index (χ4n) is 2.28. The Morgan fingerprint density at radius 3 is 3.00 bits per heavy atom. The van der Waals surface area contributed by atoms with Crippen LogP contribution in [0, 0.1) is 5.92 Å². The first-order valence-electron chi connectivity index (χ1n) is 5.44. The van der Waals surface area contributed by atoms with Crippen LogP contribution in [-0.4, -0.2) is 54.6 Å². The lowest BCUT2D eigenvalue weighted by Crippen LogP contribution is -2.49. The largest absolute Gasteiger partial charge is 0.322 e. The molecule has 0 unspecified atom stereocenters. The summed E-state index contributed by atoms with van der Waals surface area (Å²) in [5.41, 5.74) is 0. The molecule has 0 aromatic rings. The van der Waals surface area contributed by atoms with E-state index in [2.05, 4.69) is 19.2 Å². The highest BCUT2D eigenvalue weighted by Crippen LogP contribution is 2.18. The Hall–Kier alpha value is -0.770. The first kappa shape index (κ1) is 9.77. The smallest absolute Gasteiger partial charge is 0.320 e. The van der Waals surface area contributed by atoms with Gasteiger partial charge < -0.3 is 15.1 Å². The molecule has 2 aliphatic heterocycles. The second kappa shape index (κ2) is 3.77. The van der Waals surface area contributed by atoms with E-state index in [0.29, 0.717) is 12.0 Å². The molecule has 0 aromatic heterocycles. The van der Waals surface area contributed by atoms with Crippen molar-refractivity contribution in [2.75, 3.05) is 32.7 Å². The van der Waals surface area contributed by atoms with Crippen molar-refractivity contribution < 1.29 is 4.79 Å². The fraction of sp³-hybridized carbons (Fsp3) is 0.900. The maximum Gasteiger partial charge on any atom is 0.320 e. The molecule has 2 rings (SSSR count). The third-order valence-electron chi connectivity index (χ3n) is 2.88. The average Bonchev–Trinajstić information content (AvgIpc) is 2.44. The minimum atomic E-state index is 0.241. The van der Waals surface area contributed by atoms with Crippen molar-refractivity contribution in [1.82, 2.24) is 15.1 Å². The molecule has 4 heteroatoms. The fourth-order valence-corrected chi connectivity index (χ4v) is 2.28. The van der Waals surface area contributed by atoms with Gasteiger partial charge in [0.25, 0.3) is 0 Å². The van der Waals surface area contributed by atoms with Crippen LogP contribution in [-0.2, 0) is 0 Å². The lowest BCUT2D eigenvalue weighted by Gasteiger charge is -2.28. The van der Waals surface area contributed by atoms with E-state index in [1.165, 1.54) is 0 Å². The molecule has 2 saturated heterocycles. The summed E-state index contributed by atoms with van der Waals surface area (Å²) in [6, 6.07) is 0.653. The summed E-state index contributed by atoms with van der Waals surface area (Å²) in [5.74, 6) is 0.563. The summed E-state index contributed by atoms with van der Waals surface area (Å²) in [5, 5.41) is 3.33. The predicted octanol–water partition coefficient (Wildman–Crippen LogP) is 0.352. The Morgan fingerprint density at radius 1 is 1.57 bits per heavy atom. The predicted molar refractivity (Wildman–Crippen MR) is 55.2 cm³/mol. The van der Waals surface area contributed by atoms with Crippen LogP contribution in [0.1, 0.15) is 13.8 Å². The van der Waals surface area contributed by atoms with E-state index in [9.17, 15) is 4.79 Å². The average molecular weight is 197 g/mol. The Kier molecular flexibility index (Phi) is 2.63. The number of nitrogens with zero attached hydrogens (tertiary/aromatic N) is 2. The van der Waals surface area contributed by atoms with Gasteiger partial charge in [-0.05, 0) is 5.92 Å². The van der Waals surface area contributed by atoms with Crippen molar-refractivity contribution in [2.24, 2.45) is 5.92 Å². The monoisotopic (exact) mass is 197 g/mol. The first-order valence-corrected chi connectivity index (χ1v) is 5.44. The Bertz CT molecular complexity index is 229. The third kappa shape index (κ3) is 1.71. The zero-order chi connectivity index (χ0) is 10.1. The van der Waals surface area contributed by atoms with Crippen LogP contribution in [0.4, 0.5) is 4.79 Å². The van der Waals surface area contributed by atoms with Gasteiger partial charge in [-0.1, -0.05) is 13.8 Å². The number of carbonyl (C=O) groups is 1. The van der Waals surface area contributed by atoms with Crippen molar-refractivity contribution in [2.45, 2.75) is 19.9 Å². The van der Waals surface area contributed by atoms with Gasteiger partial charge in [0.2, 0.25) is 0 Å². The Labute approximate surface area is 85.2 Å². The van der Waals surface area contributed by atoms with Gasteiger partial charge in [-0.2, -0.15) is 0 Å². The van der Waals surface area contributed by atoms with E-state index in [1.807, 2.05) is 9.80 Å². The number of amides is 2. The molecule has 80 valence electrons. The van der Waals surface area contributed by atoms with Crippen LogP contribution in [0.2, 0.25) is 0 Å². The van der Waals surface area contributed by atoms with Gasteiger partial charge in [0.05, 0.1) is 6.04 Å². The zero-order valence-electron chi connectivity index (χ0n) is 8.99. The number of urea groups is 1. The summed E-state index contributed by atoms with van der Waals surface area (Å²) >= 11 is 0. The molecule has 2 heterocycles. The van der Waals surface area contributed by atoms with Gasteiger partial charge in [0.1, 0.15) is 0 Å². The van der Waals surface area contributed by atoms with Crippen molar-refractivity contribution in [3.63, 3.8) is 0 Å². The molecular formula is C10H19N3O. The molecule has 0 bridgehead atoms. The van der Waals surface area contributed by atoms with Crippen molar-refractivity contribution in [3.05, 3.63) is 0 Å². The highest BCUT2D eigenvalue weighted by Gasteiger charge is 2.38. The van der Waals surface area contributed by atoms with Gasteiger partial charge in [0, 0.05) is 32.7 Å². The van der Waals surface area contributed by atoms with E-state index >= 15 is 0 Å². The third-order valence-corrected chi connectivity index (χ3v) is 2.88. The van der Waals surface area contributed by atoms with Crippen LogP contribution >= 0.6 is 0 Å². The quantitative estimate of drug-likeness (QED) is 0.693. The number of hydrogen-bond donors (Lipinski definition) is 1. The number of rotatable bonds is 2. The Balaban J connectivity index is 1.99. The standard InChI is InChI=1S/C10H19N3O/c1-8(2)6-12-7-9-5-11-3-4-13(9)10(12)14/h8-9,11H,3-7H2,1-2H3/t9-/m0/s1. The number of piperazine rings is 1. The van der Waals surface area contributed by atoms with Gasteiger partial charge in [-0.25, -0.2) is 4.79 Å². The molecule has 0 saturated carbocycles. The van der Waals surface area contributed by atoms with Crippen LogP contribution in [0.15, 0.2) is 0 Å². The van der Waals surface area contributed by atoms with Gasteiger partial charge >= 0.3 is 6.03 Å². The van der Waals surface area contributed by atoms with E-state index in [0.717, 1.165) is 32.7 Å². The minimum Gasteiger partial charge on any atom is -0.322 e. The van der Waals surface area contributed by atoms with E-state index < -0.39 is 0 Å². The molecule has 1 atom stereocenters. The molecular weight excluding hydrogens is 178 g/mol. The molecule has 1 N–H and O–H groups in total. The van der Waals surface area contributed by atoms with E-state index in [-0.39, 0.29) is 6.03 Å². The van der Waals surface area contributed by atoms with Crippen LogP contribution in [0.3, 0.4) is 0 Å². The van der Waals surface area contributed by atoms with Crippen molar-refractivity contribution in [1.29, 1.82) is 0 Å². The molecule has 2 amide bonds. The second-order valence-electron chi connectivity index (χ2n) is 4.63. The highest BCUT2D eigenvalue weighted by atomic mass is 16.2. The summed E-state index contributed by atoms with van der Waals surface area (Å²) in [4.78, 5) is 15.9. The number of hydrogen-bond acceptors (Lipinski definition) is 2. The number of carbonyl (C=O) groups excluding carboxylic acids is 1. The van der Waals surface area contributed by atoms with Gasteiger partial charge in [-0.15, -0.1) is 0 Å². The number of fused-ring (bicyclic) bond motifs is 1. The molecule has 0 radical (unpaired) electrons. The molecule has 14 heavy (non-hydrogen) atoms. The van der Waals surface area contributed by atoms with Crippen LogP contribution < -0.4 is 5.32 Å².